The minimum Gasteiger partial charge on any atom is -0.507 e. The van der Waals surface area contributed by atoms with Crippen LogP contribution in [0.4, 0.5) is 0 Å². The maximum absolute atomic E-state index is 12.0. The van der Waals surface area contributed by atoms with E-state index in [1.165, 1.54) is 14.2 Å². The summed E-state index contributed by atoms with van der Waals surface area (Å²) in [7, 11) is -1.23. The molecule has 9 heteroatoms. The average molecular weight is 305 g/mol. The molecule has 20 heavy (non-hydrogen) atoms. The van der Waals surface area contributed by atoms with Crippen LogP contribution < -0.4 is 4.72 Å². The number of benzene rings is 1. The summed E-state index contributed by atoms with van der Waals surface area (Å²) >= 11 is 0. The van der Waals surface area contributed by atoms with E-state index in [-0.39, 0.29) is 11.4 Å². The van der Waals surface area contributed by atoms with E-state index in [1.54, 1.807) is 0 Å². The normalized spacial score (nSPS) is 11.8. The van der Waals surface area contributed by atoms with Gasteiger partial charge in [-0.25, -0.2) is 17.9 Å². The molecule has 0 aliphatic heterocycles. The van der Waals surface area contributed by atoms with Crippen LogP contribution in [0.5, 0.6) is 5.75 Å². The molecule has 8 nitrogen and oxygen atoms in total. The molecule has 1 aromatic rings. The third-order valence-electron chi connectivity index (χ3n) is 2.47. The fraction of sp³-hybridized carbons (Fsp3) is 0.364. The summed E-state index contributed by atoms with van der Waals surface area (Å²) in [4.78, 5) is 10.6. The first-order chi connectivity index (χ1) is 9.31. The van der Waals surface area contributed by atoms with Gasteiger partial charge in [-0.15, -0.1) is 0 Å². The van der Waals surface area contributed by atoms with Crippen molar-refractivity contribution in [1.82, 2.24) is 4.72 Å². The molecule has 3 N–H and O–H groups in total. The third-order valence-corrected chi connectivity index (χ3v) is 3.90. The molecular weight excluding hydrogens is 290 g/mol. The Bertz CT molecular complexity index is 580. The number of hydrogen-bond donors (Lipinski definition) is 3. The van der Waals surface area contributed by atoms with Crippen LogP contribution in [0.1, 0.15) is 10.4 Å². The van der Waals surface area contributed by atoms with Crippen LogP contribution in [0.2, 0.25) is 0 Å². The Morgan fingerprint density at radius 1 is 1.35 bits per heavy atom. The summed E-state index contributed by atoms with van der Waals surface area (Å²) in [5.41, 5.74) is -0.497. The number of sulfonamides is 1. The first-order valence-corrected chi connectivity index (χ1v) is 6.91. The highest BCUT2D eigenvalue weighted by atomic mass is 32.2. The molecule has 0 unspecified atom stereocenters. The van der Waals surface area contributed by atoms with E-state index in [9.17, 15) is 18.3 Å². The number of nitrogens with one attached hydrogen (secondary N) is 1. The van der Waals surface area contributed by atoms with Crippen molar-refractivity contribution in [2.45, 2.75) is 11.2 Å². The van der Waals surface area contributed by atoms with Crippen LogP contribution in [-0.2, 0) is 19.5 Å². The molecule has 1 rings (SSSR count). The van der Waals surface area contributed by atoms with Gasteiger partial charge in [0, 0.05) is 14.2 Å². The molecule has 0 amide bonds. The molecule has 0 atom stereocenters. The van der Waals surface area contributed by atoms with E-state index < -0.39 is 33.6 Å². The zero-order valence-corrected chi connectivity index (χ0v) is 11.7. The number of aromatic carboxylic acids is 1. The van der Waals surface area contributed by atoms with Crippen molar-refractivity contribution in [2.75, 3.05) is 20.8 Å². The fourth-order valence-corrected chi connectivity index (χ4v) is 2.42. The maximum atomic E-state index is 12.0. The van der Waals surface area contributed by atoms with Gasteiger partial charge in [-0.3, -0.25) is 0 Å². The van der Waals surface area contributed by atoms with Crippen molar-refractivity contribution in [2.24, 2.45) is 0 Å². The lowest BCUT2D eigenvalue weighted by molar-refractivity contribution is -0.0960. The Morgan fingerprint density at radius 2 is 1.95 bits per heavy atom. The number of phenols is 1. The molecule has 1 aromatic carbocycles. The van der Waals surface area contributed by atoms with Crippen LogP contribution in [0, 0.1) is 0 Å². The highest BCUT2D eigenvalue weighted by Gasteiger charge is 2.20. The number of carbonyl (C=O) groups is 1. The molecule has 0 radical (unpaired) electrons. The van der Waals surface area contributed by atoms with Gasteiger partial charge in [0.15, 0.2) is 6.29 Å². The number of rotatable bonds is 7. The molecule has 0 spiro atoms. The molecule has 0 bridgehead atoms. The molecule has 0 saturated carbocycles. The minimum atomic E-state index is -3.93. The fourth-order valence-electron chi connectivity index (χ4n) is 1.38. The second-order valence-corrected chi connectivity index (χ2v) is 5.50. The van der Waals surface area contributed by atoms with E-state index in [4.69, 9.17) is 14.6 Å². The first kappa shape index (κ1) is 16.4. The number of carboxylic acid groups (broad SMARTS) is 1. The van der Waals surface area contributed by atoms with Gasteiger partial charge in [0.2, 0.25) is 10.0 Å². The molecule has 0 fully saturated rings. The van der Waals surface area contributed by atoms with Gasteiger partial charge in [-0.1, -0.05) is 0 Å². The van der Waals surface area contributed by atoms with E-state index >= 15 is 0 Å². The standard InChI is InChI=1S/C11H15NO7S/c1-18-10(19-2)6-12-20(16,17)7-3-4-9(13)8(5-7)11(14)15/h3-5,10,12-13H,6H2,1-2H3,(H,14,15). The summed E-state index contributed by atoms with van der Waals surface area (Å²) in [6, 6.07) is 2.97. The maximum Gasteiger partial charge on any atom is 0.339 e. The molecule has 0 aliphatic rings. The topological polar surface area (TPSA) is 122 Å². The van der Waals surface area contributed by atoms with Crippen LogP contribution in [0.15, 0.2) is 23.1 Å². The zero-order chi connectivity index (χ0) is 15.3. The largest absolute Gasteiger partial charge is 0.507 e. The number of methoxy groups -OCH3 is 2. The highest BCUT2D eigenvalue weighted by Crippen LogP contribution is 2.21. The Balaban J connectivity index is 2.98. The van der Waals surface area contributed by atoms with Gasteiger partial charge < -0.3 is 19.7 Å². The van der Waals surface area contributed by atoms with E-state index in [0.29, 0.717) is 0 Å². The summed E-state index contributed by atoms with van der Waals surface area (Å²) in [6.45, 7) is -0.140. The molecule has 0 aliphatic carbocycles. The number of ether oxygens (including phenoxy) is 2. The SMILES string of the molecule is COC(CNS(=O)(=O)c1ccc(O)c(C(=O)O)c1)OC. The van der Waals surface area contributed by atoms with Crippen molar-refractivity contribution in [3.8, 4) is 5.75 Å². The minimum absolute atomic E-state index is 0.140. The van der Waals surface area contributed by atoms with Crippen molar-refractivity contribution < 1.29 is 32.9 Å². The summed E-state index contributed by atoms with van der Waals surface area (Å²) in [6.07, 6.45) is -0.763. The monoisotopic (exact) mass is 305 g/mol. The lowest BCUT2D eigenvalue weighted by atomic mass is 10.2. The van der Waals surface area contributed by atoms with E-state index in [1.807, 2.05) is 0 Å². The van der Waals surface area contributed by atoms with Crippen molar-refractivity contribution in [1.29, 1.82) is 0 Å². The molecule has 0 saturated heterocycles. The quantitative estimate of drug-likeness (QED) is 0.605. The van der Waals surface area contributed by atoms with Crippen LogP contribution in [0.25, 0.3) is 0 Å². The van der Waals surface area contributed by atoms with Crippen LogP contribution >= 0.6 is 0 Å². The Morgan fingerprint density at radius 3 is 2.45 bits per heavy atom. The van der Waals surface area contributed by atoms with E-state index in [2.05, 4.69) is 4.72 Å². The van der Waals surface area contributed by atoms with Gasteiger partial charge in [0.25, 0.3) is 0 Å². The highest BCUT2D eigenvalue weighted by molar-refractivity contribution is 7.89. The Labute approximate surface area is 116 Å². The van der Waals surface area contributed by atoms with Gasteiger partial charge in [-0.2, -0.15) is 0 Å². The molecule has 0 aromatic heterocycles. The lowest BCUT2D eigenvalue weighted by Gasteiger charge is -2.14. The first-order valence-electron chi connectivity index (χ1n) is 5.43. The number of carboxylic acids is 1. The summed E-state index contributed by atoms with van der Waals surface area (Å²) < 4.78 is 35.8. The van der Waals surface area contributed by atoms with Crippen molar-refractivity contribution in [3.05, 3.63) is 23.8 Å². The second-order valence-electron chi connectivity index (χ2n) is 3.74. The summed E-state index contributed by atoms with van der Waals surface area (Å²) in [5.74, 6) is -1.94. The third kappa shape index (κ3) is 3.90. The van der Waals surface area contributed by atoms with Crippen molar-refractivity contribution >= 4 is 16.0 Å². The van der Waals surface area contributed by atoms with Crippen LogP contribution in [-0.4, -0.2) is 51.7 Å². The summed E-state index contributed by atoms with van der Waals surface area (Å²) in [5, 5.41) is 18.2. The zero-order valence-electron chi connectivity index (χ0n) is 10.9. The van der Waals surface area contributed by atoms with Gasteiger partial charge in [0.05, 0.1) is 11.4 Å². The van der Waals surface area contributed by atoms with Gasteiger partial charge in [0.1, 0.15) is 11.3 Å². The molecular formula is C11H15NO7S. The molecule has 0 heterocycles. The average Bonchev–Trinajstić information content (AvgIpc) is 2.39. The molecule has 112 valence electrons. The Kier molecular flexibility index (Phi) is 5.45. The predicted molar refractivity (Wildman–Crippen MR) is 68.1 cm³/mol. The van der Waals surface area contributed by atoms with Gasteiger partial charge in [-0.05, 0) is 18.2 Å². The second kappa shape index (κ2) is 6.66. The van der Waals surface area contributed by atoms with Crippen molar-refractivity contribution in [3.63, 3.8) is 0 Å². The number of aromatic hydroxyl groups is 1. The Hall–Kier alpha value is -1.68. The number of hydrogen-bond acceptors (Lipinski definition) is 6. The van der Waals surface area contributed by atoms with Gasteiger partial charge >= 0.3 is 5.97 Å². The van der Waals surface area contributed by atoms with E-state index in [0.717, 1.165) is 18.2 Å². The predicted octanol–water partition coefficient (Wildman–Crippen LogP) is -0.0124. The van der Waals surface area contributed by atoms with Crippen LogP contribution in [0.3, 0.4) is 0 Å². The smallest absolute Gasteiger partial charge is 0.339 e. The lowest BCUT2D eigenvalue weighted by Crippen LogP contribution is -2.34.